The van der Waals surface area contributed by atoms with Crippen molar-refractivity contribution >= 4 is 6.09 Å². The second kappa shape index (κ2) is 6.13. The minimum atomic E-state index is -0.337. The molecule has 0 bridgehead atoms. The first-order valence-electron chi connectivity index (χ1n) is 5.60. The molecule has 0 aliphatic carbocycles. The number of carbonyl (C=O) groups excluding carboxylic acids is 1. The molecule has 0 atom stereocenters. The summed E-state index contributed by atoms with van der Waals surface area (Å²) in [4.78, 5) is 12.8. The van der Waals surface area contributed by atoms with Gasteiger partial charge in [-0.15, -0.1) is 0 Å². The highest BCUT2D eigenvalue weighted by atomic mass is 16.5. The molecule has 0 saturated carbocycles. The van der Waals surface area contributed by atoms with E-state index in [0.717, 1.165) is 16.9 Å². The van der Waals surface area contributed by atoms with Crippen molar-refractivity contribution in [3.05, 3.63) is 29.3 Å². The molecule has 0 unspecified atom stereocenters. The van der Waals surface area contributed by atoms with Crippen molar-refractivity contribution < 1.29 is 14.3 Å². The van der Waals surface area contributed by atoms with E-state index in [1.807, 2.05) is 32.0 Å². The summed E-state index contributed by atoms with van der Waals surface area (Å²) in [5, 5.41) is 0. The van der Waals surface area contributed by atoms with Crippen LogP contribution in [0.5, 0.6) is 5.75 Å². The first-order chi connectivity index (χ1) is 8.08. The Bertz CT molecular complexity index is 390. The van der Waals surface area contributed by atoms with Crippen LogP contribution in [0.2, 0.25) is 0 Å². The van der Waals surface area contributed by atoms with Gasteiger partial charge in [-0.3, -0.25) is 0 Å². The van der Waals surface area contributed by atoms with Gasteiger partial charge in [0.15, 0.2) is 0 Å². The van der Waals surface area contributed by atoms with Crippen molar-refractivity contribution in [2.24, 2.45) is 0 Å². The lowest BCUT2D eigenvalue weighted by Gasteiger charge is -2.16. The summed E-state index contributed by atoms with van der Waals surface area (Å²) < 4.78 is 10.1. The number of nitrogens with zero attached hydrogens (tertiary/aromatic N) is 1. The van der Waals surface area contributed by atoms with Crippen LogP contribution in [0.15, 0.2) is 18.2 Å². The highest BCUT2D eigenvalue weighted by Crippen LogP contribution is 2.19. The third-order valence-corrected chi connectivity index (χ3v) is 2.45. The van der Waals surface area contributed by atoms with Gasteiger partial charge >= 0.3 is 6.09 Å². The summed E-state index contributed by atoms with van der Waals surface area (Å²) in [6.07, 6.45) is -0.337. The van der Waals surface area contributed by atoms with Crippen molar-refractivity contribution in [2.75, 3.05) is 20.8 Å². The molecule has 0 spiro atoms. The molecule has 0 heterocycles. The monoisotopic (exact) mass is 237 g/mol. The lowest BCUT2D eigenvalue weighted by atomic mass is 10.1. The number of aryl methyl sites for hydroxylation is 1. The summed E-state index contributed by atoms with van der Waals surface area (Å²) in [5.41, 5.74) is 2.13. The Balaban J connectivity index is 2.73. The van der Waals surface area contributed by atoms with Gasteiger partial charge in [0.05, 0.1) is 13.7 Å². The molecule has 0 saturated heterocycles. The van der Waals surface area contributed by atoms with Crippen LogP contribution in [0.3, 0.4) is 0 Å². The molecule has 0 radical (unpaired) electrons. The molecule has 0 aromatic heterocycles. The van der Waals surface area contributed by atoms with Crippen molar-refractivity contribution in [2.45, 2.75) is 20.4 Å². The van der Waals surface area contributed by atoms with Crippen LogP contribution in [0.25, 0.3) is 0 Å². The van der Waals surface area contributed by atoms with Gasteiger partial charge in [-0.2, -0.15) is 0 Å². The van der Waals surface area contributed by atoms with Gasteiger partial charge in [-0.25, -0.2) is 4.79 Å². The smallest absolute Gasteiger partial charge is 0.409 e. The molecule has 1 rings (SSSR count). The number of hydrogen-bond donors (Lipinski definition) is 0. The van der Waals surface area contributed by atoms with Crippen LogP contribution in [-0.2, 0) is 11.3 Å². The van der Waals surface area contributed by atoms with E-state index in [2.05, 4.69) is 4.74 Å². The average molecular weight is 237 g/mol. The molecule has 0 aliphatic heterocycles. The quantitative estimate of drug-likeness (QED) is 0.808. The minimum Gasteiger partial charge on any atom is -0.494 e. The molecule has 0 fully saturated rings. The van der Waals surface area contributed by atoms with E-state index in [0.29, 0.717) is 13.2 Å². The maximum absolute atomic E-state index is 11.2. The van der Waals surface area contributed by atoms with Gasteiger partial charge in [0, 0.05) is 13.6 Å². The summed E-state index contributed by atoms with van der Waals surface area (Å²) >= 11 is 0. The SMILES string of the molecule is CCOc1ccc(CN(C)C(=O)OC)cc1C. The Labute approximate surface area is 102 Å². The first kappa shape index (κ1) is 13.4. The molecule has 1 amide bonds. The number of rotatable bonds is 4. The van der Waals surface area contributed by atoms with Crippen molar-refractivity contribution in [1.82, 2.24) is 4.90 Å². The minimum absolute atomic E-state index is 0.337. The molecule has 94 valence electrons. The number of benzene rings is 1. The highest BCUT2D eigenvalue weighted by molar-refractivity contribution is 5.67. The van der Waals surface area contributed by atoms with Crippen molar-refractivity contribution in [1.29, 1.82) is 0 Å². The number of ether oxygens (including phenoxy) is 2. The topological polar surface area (TPSA) is 38.8 Å². The van der Waals surface area contributed by atoms with Crippen LogP contribution in [0, 0.1) is 6.92 Å². The summed E-state index contributed by atoms with van der Waals surface area (Å²) in [6, 6.07) is 5.90. The zero-order valence-electron chi connectivity index (χ0n) is 10.8. The second-order valence-corrected chi connectivity index (χ2v) is 3.86. The van der Waals surface area contributed by atoms with Gasteiger partial charge in [-0.05, 0) is 31.0 Å². The van der Waals surface area contributed by atoms with E-state index in [9.17, 15) is 4.79 Å². The van der Waals surface area contributed by atoms with Crippen LogP contribution in [0.4, 0.5) is 4.79 Å². The standard InChI is InChI=1S/C13H19NO3/c1-5-17-12-7-6-11(8-10(12)2)9-14(3)13(15)16-4/h6-8H,5,9H2,1-4H3. The average Bonchev–Trinajstić information content (AvgIpc) is 2.31. The number of carbonyl (C=O) groups is 1. The fourth-order valence-corrected chi connectivity index (χ4v) is 1.62. The molecule has 4 nitrogen and oxygen atoms in total. The van der Waals surface area contributed by atoms with Gasteiger partial charge in [0.1, 0.15) is 5.75 Å². The molecular weight excluding hydrogens is 218 g/mol. The molecule has 4 heteroatoms. The van der Waals surface area contributed by atoms with Gasteiger partial charge in [-0.1, -0.05) is 12.1 Å². The predicted molar refractivity (Wildman–Crippen MR) is 66.2 cm³/mol. The Kier molecular flexibility index (Phi) is 4.82. The van der Waals surface area contributed by atoms with Crippen molar-refractivity contribution in [3.8, 4) is 5.75 Å². The van der Waals surface area contributed by atoms with Gasteiger partial charge < -0.3 is 14.4 Å². The molecule has 1 aromatic rings. The van der Waals surface area contributed by atoms with Crippen LogP contribution < -0.4 is 4.74 Å². The van der Waals surface area contributed by atoms with Gasteiger partial charge in [0.25, 0.3) is 0 Å². The normalized spacial score (nSPS) is 9.88. The van der Waals surface area contributed by atoms with Crippen LogP contribution >= 0.6 is 0 Å². The van der Waals surface area contributed by atoms with Crippen LogP contribution in [-0.4, -0.2) is 31.8 Å². The Morgan fingerprint density at radius 2 is 2.12 bits per heavy atom. The third-order valence-electron chi connectivity index (χ3n) is 2.45. The highest BCUT2D eigenvalue weighted by Gasteiger charge is 2.09. The number of amides is 1. The zero-order valence-corrected chi connectivity index (χ0v) is 10.8. The molecule has 1 aromatic carbocycles. The Morgan fingerprint density at radius 1 is 1.41 bits per heavy atom. The maximum atomic E-state index is 11.2. The van der Waals surface area contributed by atoms with Gasteiger partial charge in [0.2, 0.25) is 0 Å². The lowest BCUT2D eigenvalue weighted by Crippen LogP contribution is -2.25. The van der Waals surface area contributed by atoms with E-state index in [-0.39, 0.29) is 6.09 Å². The van der Waals surface area contributed by atoms with E-state index >= 15 is 0 Å². The summed E-state index contributed by atoms with van der Waals surface area (Å²) in [5.74, 6) is 0.886. The fraction of sp³-hybridized carbons (Fsp3) is 0.462. The van der Waals surface area contributed by atoms with E-state index in [1.54, 1.807) is 7.05 Å². The zero-order chi connectivity index (χ0) is 12.8. The van der Waals surface area contributed by atoms with Crippen molar-refractivity contribution in [3.63, 3.8) is 0 Å². The van der Waals surface area contributed by atoms with E-state index < -0.39 is 0 Å². The molecular formula is C13H19NO3. The molecule has 0 N–H and O–H groups in total. The molecule has 17 heavy (non-hydrogen) atoms. The number of methoxy groups -OCH3 is 1. The summed E-state index contributed by atoms with van der Waals surface area (Å²) in [7, 11) is 3.08. The first-order valence-corrected chi connectivity index (χ1v) is 5.60. The molecule has 0 aliphatic rings. The fourth-order valence-electron chi connectivity index (χ4n) is 1.62. The Morgan fingerprint density at radius 3 is 2.65 bits per heavy atom. The second-order valence-electron chi connectivity index (χ2n) is 3.86. The van der Waals surface area contributed by atoms with Crippen LogP contribution in [0.1, 0.15) is 18.1 Å². The largest absolute Gasteiger partial charge is 0.494 e. The number of hydrogen-bond acceptors (Lipinski definition) is 3. The predicted octanol–water partition coefficient (Wildman–Crippen LogP) is 2.59. The van der Waals surface area contributed by atoms with E-state index in [4.69, 9.17) is 4.74 Å². The van der Waals surface area contributed by atoms with E-state index in [1.165, 1.54) is 12.0 Å². The summed E-state index contributed by atoms with van der Waals surface area (Å²) in [6.45, 7) is 5.13. The maximum Gasteiger partial charge on any atom is 0.409 e. The lowest BCUT2D eigenvalue weighted by molar-refractivity contribution is 0.131. The third kappa shape index (κ3) is 3.66. The Hall–Kier alpha value is -1.71.